The van der Waals surface area contributed by atoms with Crippen molar-refractivity contribution in [1.82, 2.24) is 0 Å². The average Bonchev–Trinajstić information content (AvgIpc) is 3.73. The molecule has 0 bridgehead atoms. The lowest BCUT2D eigenvalue weighted by molar-refractivity contribution is -0.139. The van der Waals surface area contributed by atoms with Crippen molar-refractivity contribution in [2.75, 3.05) is 6.61 Å². The fourth-order valence-corrected chi connectivity index (χ4v) is 15.5. The summed E-state index contributed by atoms with van der Waals surface area (Å²) in [6.07, 6.45) is 123. The standard InChI is InChI=1S/C92H182O2/c1-5-7-9-11-13-15-17-19-21-23-25-26-27-28-29-30-33-36-39-42-45-48-51-55-59-63-67-71-75-79-83-87-91(86-82-78-74-70-66-62-58-54-24-22-20-18-16-14-12-10-8-6-2)88-84-80-76-72-68-64-60-56-52-49-46-43-40-37-34-31-32-35-38-41-44-47-50-53-57-61-65-69-73-77-81-85-89-94-92(93)90(3)4/h91H,3,5-89H2,1-2,4H3. The molecule has 0 rings (SSSR count). The largest absolute Gasteiger partial charge is 0.462 e. The minimum Gasteiger partial charge on any atom is -0.462 e. The molecule has 1 unspecified atom stereocenters. The molecule has 0 aliphatic heterocycles. The number of carbonyl (C=O) groups excluding carboxylic acids is 1. The molecule has 1 atom stereocenters. The Labute approximate surface area is 597 Å². The average molecular weight is 1320 g/mol. The number of esters is 1. The van der Waals surface area contributed by atoms with Gasteiger partial charge >= 0.3 is 5.97 Å². The highest BCUT2D eigenvalue weighted by Crippen LogP contribution is 2.27. The molecule has 0 fully saturated rings. The maximum Gasteiger partial charge on any atom is 0.333 e. The summed E-state index contributed by atoms with van der Waals surface area (Å²) in [7, 11) is 0. The van der Waals surface area contributed by atoms with E-state index in [0.717, 1.165) is 12.3 Å². The molecular weight excluding hydrogens is 1140 g/mol. The number of carbonyl (C=O) groups is 1. The molecule has 0 aliphatic carbocycles. The molecular formula is C92H182O2. The van der Waals surface area contributed by atoms with E-state index in [1.165, 1.54) is 533 Å². The summed E-state index contributed by atoms with van der Waals surface area (Å²) in [6, 6.07) is 0. The van der Waals surface area contributed by atoms with Crippen molar-refractivity contribution in [1.29, 1.82) is 0 Å². The molecule has 0 spiro atoms. The summed E-state index contributed by atoms with van der Waals surface area (Å²) in [4.78, 5) is 11.4. The van der Waals surface area contributed by atoms with Crippen LogP contribution < -0.4 is 0 Å². The summed E-state index contributed by atoms with van der Waals surface area (Å²) < 4.78 is 5.18. The van der Waals surface area contributed by atoms with Gasteiger partial charge in [0.2, 0.25) is 0 Å². The van der Waals surface area contributed by atoms with Crippen LogP contribution in [0, 0.1) is 5.92 Å². The normalized spacial score (nSPS) is 12.0. The Morgan fingerprint density at radius 2 is 0.319 bits per heavy atom. The molecule has 0 aromatic rings. The highest BCUT2D eigenvalue weighted by atomic mass is 16.5. The zero-order valence-electron chi connectivity index (χ0n) is 66.2. The third-order valence-electron chi connectivity index (χ3n) is 22.3. The Hall–Kier alpha value is -0.790. The van der Waals surface area contributed by atoms with Crippen LogP contribution in [0.15, 0.2) is 12.2 Å². The second-order valence-corrected chi connectivity index (χ2v) is 32.1. The lowest BCUT2D eigenvalue weighted by Gasteiger charge is -2.17. The first-order valence-corrected chi connectivity index (χ1v) is 45.4. The van der Waals surface area contributed by atoms with Crippen LogP contribution in [-0.2, 0) is 9.53 Å². The van der Waals surface area contributed by atoms with Gasteiger partial charge in [-0.2, -0.15) is 0 Å². The van der Waals surface area contributed by atoms with Crippen molar-refractivity contribution in [2.45, 2.75) is 560 Å². The Morgan fingerprint density at radius 1 is 0.202 bits per heavy atom. The summed E-state index contributed by atoms with van der Waals surface area (Å²) >= 11 is 0. The van der Waals surface area contributed by atoms with Gasteiger partial charge < -0.3 is 4.74 Å². The molecule has 94 heavy (non-hydrogen) atoms. The number of ether oxygens (including phenoxy) is 1. The molecule has 562 valence electrons. The Balaban J connectivity index is 3.89. The monoisotopic (exact) mass is 1320 g/mol. The lowest BCUT2D eigenvalue weighted by atomic mass is 9.89. The van der Waals surface area contributed by atoms with Gasteiger partial charge in [0.25, 0.3) is 0 Å². The van der Waals surface area contributed by atoms with Crippen LogP contribution >= 0.6 is 0 Å². The third-order valence-corrected chi connectivity index (χ3v) is 22.3. The zero-order valence-corrected chi connectivity index (χ0v) is 66.2. The maximum atomic E-state index is 11.4. The van der Waals surface area contributed by atoms with Gasteiger partial charge in [-0.3, -0.25) is 0 Å². The lowest BCUT2D eigenvalue weighted by Crippen LogP contribution is -2.05. The number of hydrogen-bond donors (Lipinski definition) is 0. The maximum absolute atomic E-state index is 11.4. The van der Waals surface area contributed by atoms with E-state index in [1.807, 2.05) is 0 Å². The first-order chi connectivity index (χ1) is 46.6. The fourth-order valence-electron chi connectivity index (χ4n) is 15.5. The molecule has 2 nitrogen and oxygen atoms in total. The van der Waals surface area contributed by atoms with Gasteiger partial charge in [0.15, 0.2) is 0 Å². The predicted octanol–water partition coefficient (Wildman–Crippen LogP) is 34.5. The minimum atomic E-state index is -0.245. The quantitative estimate of drug-likeness (QED) is 0.0345. The van der Waals surface area contributed by atoms with E-state index >= 15 is 0 Å². The molecule has 0 aromatic carbocycles. The van der Waals surface area contributed by atoms with Crippen molar-refractivity contribution in [2.24, 2.45) is 5.92 Å². The van der Waals surface area contributed by atoms with Crippen molar-refractivity contribution >= 4 is 5.97 Å². The van der Waals surface area contributed by atoms with Gasteiger partial charge in [-0.05, 0) is 19.3 Å². The molecule has 0 saturated carbocycles. The van der Waals surface area contributed by atoms with E-state index in [4.69, 9.17) is 4.74 Å². The van der Waals surface area contributed by atoms with Crippen molar-refractivity contribution < 1.29 is 9.53 Å². The summed E-state index contributed by atoms with van der Waals surface area (Å²) in [5, 5.41) is 0. The number of unbranched alkanes of at least 4 members (excludes halogenated alkanes) is 78. The zero-order chi connectivity index (χ0) is 67.5. The van der Waals surface area contributed by atoms with Crippen LogP contribution in [0.1, 0.15) is 560 Å². The van der Waals surface area contributed by atoms with Crippen LogP contribution in [0.5, 0.6) is 0 Å². The van der Waals surface area contributed by atoms with Gasteiger partial charge in [-0.25, -0.2) is 4.79 Å². The van der Waals surface area contributed by atoms with Crippen LogP contribution in [0.3, 0.4) is 0 Å². The highest BCUT2D eigenvalue weighted by molar-refractivity contribution is 5.86. The summed E-state index contributed by atoms with van der Waals surface area (Å²) in [5.41, 5.74) is 0.500. The molecule has 0 N–H and O–H groups in total. The number of rotatable bonds is 87. The summed E-state index contributed by atoms with van der Waals surface area (Å²) in [5.74, 6) is 0.774. The molecule has 0 saturated heterocycles. The summed E-state index contributed by atoms with van der Waals surface area (Å²) in [6.45, 7) is 10.5. The molecule has 0 aliphatic rings. The minimum absolute atomic E-state index is 0.245. The van der Waals surface area contributed by atoms with Crippen LogP contribution in [0.4, 0.5) is 0 Å². The second kappa shape index (κ2) is 86.4. The van der Waals surface area contributed by atoms with Gasteiger partial charge in [0.05, 0.1) is 6.61 Å². The first-order valence-electron chi connectivity index (χ1n) is 45.4. The second-order valence-electron chi connectivity index (χ2n) is 32.1. The van der Waals surface area contributed by atoms with Crippen LogP contribution in [0.25, 0.3) is 0 Å². The molecule has 2 heteroatoms. The van der Waals surface area contributed by atoms with Crippen LogP contribution in [-0.4, -0.2) is 12.6 Å². The van der Waals surface area contributed by atoms with Gasteiger partial charge in [0.1, 0.15) is 0 Å². The SMILES string of the molecule is C=C(C)C(=O)OCCCCCCCCCCCCCCCCCCCCCCCCCCCCCCCCCCC(CCCCCCCCCCCCCCCCCCCC)CCCCCCCCCCCCCCCCCCCCCCCCCCCCCCCCC. The third kappa shape index (κ3) is 83.6. The molecule has 0 radical (unpaired) electrons. The van der Waals surface area contributed by atoms with Gasteiger partial charge in [-0.1, -0.05) is 553 Å². The molecule has 0 aromatic heterocycles. The topological polar surface area (TPSA) is 26.3 Å². The van der Waals surface area contributed by atoms with E-state index in [-0.39, 0.29) is 5.97 Å². The Bertz CT molecular complexity index is 1350. The highest BCUT2D eigenvalue weighted by Gasteiger charge is 2.10. The Kier molecular flexibility index (Phi) is 85.7. The molecule has 0 amide bonds. The van der Waals surface area contributed by atoms with Crippen LogP contribution in [0.2, 0.25) is 0 Å². The number of hydrogen-bond acceptors (Lipinski definition) is 2. The Morgan fingerprint density at radius 3 is 0.447 bits per heavy atom. The van der Waals surface area contributed by atoms with E-state index in [9.17, 15) is 4.79 Å². The predicted molar refractivity (Wildman–Crippen MR) is 428 cm³/mol. The fraction of sp³-hybridized carbons (Fsp3) is 0.967. The van der Waals surface area contributed by atoms with E-state index in [0.29, 0.717) is 12.2 Å². The van der Waals surface area contributed by atoms with E-state index in [1.54, 1.807) is 6.92 Å². The van der Waals surface area contributed by atoms with Gasteiger partial charge in [0, 0.05) is 5.57 Å². The van der Waals surface area contributed by atoms with Crippen molar-refractivity contribution in [3.05, 3.63) is 12.2 Å². The van der Waals surface area contributed by atoms with E-state index in [2.05, 4.69) is 20.4 Å². The van der Waals surface area contributed by atoms with Crippen molar-refractivity contribution in [3.8, 4) is 0 Å². The first kappa shape index (κ1) is 93.2. The smallest absolute Gasteiger partial charge is 0.333 e. The van der Waals surface area contributed by atoms with Crippen molar-refractivity contribution in [3.63, 3.8) is 0 Å². The molecule has 0 heterocycles. The van der Waals surface area contributed by atoms with E-state index < -0.39 is 0 Å². The van der Waals surface area contributed by atoms with Gasteiger partial charge in [-0.15, -0.1) is 0 Å².